The Morgan fingerprint density at radius 1 is 1.20 bits per heavy atom. The van der Waals surface area contributed by atoms with Crippen LogP contribution in [0.25, 0.3) is 0 Å². The number of rotatable bonds is 4. The smallest absolute Gasteiger partial charge is 0.183 e. The van der Waals surface area contributed by atoms with Crippen LogP contribution < -0.4 is 0 Å². The fourth-order valence-electron chi connectivity index (χ4n) is 1.23. The molecule has 10 heavy (non-hydrogen) atoms. The number of hydrogen-bond acceptors (Lipinski definition) is 1. The lowest BCUT2D eigenvalue weighted by Crippen LogP contribution is -2.24. The summed E-state index contributed by atoms with van der Waals surface area (Å²) < 4.78 is 5.47. The Labute approximate surface area is 70.4 Å². The minimum absolute atomic E-state index is 0.368. The Balaban J connectivity index is 3.73. The highest BCUT2D eigenvalue weighted by molar-refractivity contribution is 6.55. The Morgan fingerprint density at radius 2 is 1.60 bits per heavy atom. The molecule has 0 heterocycles. The van der Waals surface area contributed by atoms with E-state index in [2.05, 4.69) is 27.7 Å². The molecular formula is C7H17ClOSi. The van der Waals surface area contributed by atoms with E-state index in [0.717, 1.165) is 0 Å². The van der Waals surface area contributed by atoms with Gasteiger partial charge in [-0.15, -0.1) is 0 Å². The van der Waals surface area contributed by atoms with Gasteiger partial charge in [0.1, 0.15) is 6.07 Å². The van der Waals surface area contributed by atoms with Gasteiger partial charge in [-0.3, -0.25) is 0 Å². The van der Waals surface area contributed by atoms with Crippen molar-refractivity contribution >= 4 is 20.6 Å². The number of alkyl halides is 1. The largest absolute Gasteiger partial charge is 0.406 e. The van der Waals surface area contributed by atoms with Crippen LogP contribution in [-0.4, -0.2) is 15.1 Å². The van der Waals surface area contributed by atoms with Gasteiger partial charge in [-0.2, -0.15) is 0 Å². The molecule has 0 bridgehead atoms. The number of halogens is 1. The van der Waals surface area contributed by atoms with Crippen molar-refractivity contribution in [2.75, 3.05) is 6.07 Å². The topological polar surface area (TPSA) is 9.23 Å². The molecule has 0 rings (SSSR count). The third-order valence-corrected chi connectivity index (χ3v) is 5.09. The summed E-state index contributed by atoms with van der Waals surface area (Å²) in [5.74, 6) is 0. The van der Waals surface area contributed by atoms with E-state index >= 15 is 0 Å². The van der Waals surface area contributed by atoms with Crippen LogP contribution in [0.15, 0.2) is 0 Å². The Morgan fingerprint density at radius 3 is 1.70 bits per heavy atom. The monoisotopic (exact) mass is 180 g/mol. The molecule has 62 valence electrons. The summed E-state index contributed by atoms with van der Waals surface area (Å²) in [6.07, 6.45) is 0. The Hall–Kier alpha value is 0.467. The summed E-state index contributed by atoms with van der Waals surface area (Å²) in [5, 5.41) is 0. The van der Waals surface area contributed by atoms with E-state index in [1.165, 1.54) is 0 Å². The second-order valence-electron chi connectivity index (χ2n) is 3.23. The quantitative estimate of drug-likeness (QED) is 0.478. The van der Waals surface area contributed by atoms with E-state index in [1.807, 2.05) is 0 Å². The maximum Gasteiger partial charge on any atom is 0.183 e. The maximum atomic E-state index is 5.50. The lowest BCUT2D eigenvalue weighted by molar-refractivity contribution is 0.375. The molecule has 0 fully saturated rings. The molecule has 3 heteroatoms. The first kappa shape index (κ1) is 10.5. The van der Waals surface area contributed by atoms with Gasteiger partial charge in [-0.1, -0.05) is 39.3 Å². The molecule has 0 aromatic heterocycles. The second-order valence-corrected chi connectivity index (χ2v) is 7.38. The average Bonchev–Trinajstić information content (AvgIpc) is 1.81. The number of hydrogen-bond donors (Lipinski definition) is 0. The van der Waals surface area contributed by atoms with Crippen molar-refractivity contribution in [3.05, 3.63) is 0 Å². The third kappa shape index (κ3) is 3.59. The van der Waals surface area contributed by atoms with E-state index in [0.29, 0.717) is 17.1 Å². The van der Waals surface area contributed by atoms with E-state index < -0.39 is 9.04 Å². The molecular weight excluding hydrogens is 164 g/mol. The molecule has 0 unspecified atom stereocenters. The summed E-state index contributed by atoms with van der Waals surface area (Å²) in [6.45, 7) is 8.85. The summed E-state index contributed by atoms with van der Waals surface area (Å²) in [7, 11) is -1.01. The highest BCUT2D eigenvalue weighted by Gasteiger charge is 2.19. The molecule has 0 aromatic rings. The lowest BCUT2D eigenvalue weighted by Gasteiger charge is -2.21. The molecule has 0 atom stereocenters. The summed E-state index contributed by atoms with van der Waals surface area (Å²) in [6, 6.07) is 0.368. The van der Waals surface area contributed by atoms with Crippen LogP contribution in [0.5, 0.6) is 0 Å². The first-order valence-corrected chi connectivity index (χ1v) is 6.11. The standard InChI is InChI=1S/C7H17ClOSi/c1-6(2)10(7(3)4)9-5-8/h6-7,10H,5H2,1-4H3. The van der Waals surface area contributed by atoms with Crippen LogP contribution in [-0.2, 0) is 4.43 Å². The summed E-state index contributed by atoms with van der Waals surface area (Å²) in [5.41, 5.74) is 1.39. The zero-order valence-corrected chi connectivity index (χ0v) is 9.14. The fourth-order valence-corrected chi connectivity index (χ4v) is 4.12. The molecule has 0 amide bonds. The van der Waals surface area contributed by atoms with Crippen LogP contribution in [0.2, 0.25) is 11.1 Å². The van der Waals surface area contributed by atoms with Crippen molar-refractivity contribution < 1.29 is 4.43 Å². The summed E-state index contributed by atoms with van der Waals surface area (Å²) >= 11 is 5.50. The molecule has 0 aromatic carbocycles. The third-order valence-electron chi connectivity index (χ3n) is 1.57. The van der Waals surface area contributed by atoms with Crippen molar-refractivity contribution in [2.24, 2.45) is 0 Å². The first-order chi connectivity index (χ1) is 4.59. The predicted molar refractivity (Wildman–Crippen MR) is 49.2 cm³/mol. The predicted octanol–water partition coefficient (Wildman–Crippen LogP) is 2.74. The molecule has 0 spiro atoms. The molecule has 0 aliphatic heterocycles. The van der Waals surface area contributed by atoms with Crippen LogP contribution in [0.4, 0.5) is 0 Å². The van der Waals surface area contributed by atoms with Gasteiger partial charge in [-0.25, -0.2) is 0 Å². The van der Waals surface area contributed by atoms with E-state index in [9.17, 15) is 0 Å². The molecule has 0 saturated heterocycles. The van der Waals surface area contributed by atoms with Crippen LogP contribution in [0.3, 0.4) is 0 Å². The minimum Gasteiger partial charge on any atom is -0.406 e. The maximum absolute atomic E-state index is 5.50. The van der Waals surface area contributed by atoms with Crippen molar-refractivity contribution in [1.29, 1.82) is 0 Å². The van der Waals surface area contributed by atoms with Crippen molar-refractivity contribution in [3.63, 3.8) is 0 Å². The van der Waals surface area contributed by atoms with Gasteiger partial charge in [-0.05, 0) is 11.1 Å². The fraction of sp³-hybridized carbons (Fsp3) is 1.00. The SMILES string of the molecule is CC(C)[SiH](OCCl)C(C)C. The zero-order valence-electron chi connectivity index (χ0n) is 7.23. The highest BCUT2D eigenvalue weighted by Crippen LogP contribution is 2.20. The Kier molecular flexibility index (Phi) is 5.40. The minimum atomic E-state index is -1.01. The van der Waals surface area contributed by atoms with Crippen molar-refractivity contribution in [2.45, 2.75) is 38.8 Å². The van der Waals surface area contributed by atoms with Gasteiger partial charge in [0.2, 0.25) is 0 Å². The van der Waals surface area contributed by atoms with E-state index in [1.54, 1.807) is 0 Å². The molecule has 0 N–H and O–H groups in total. The van der Waals surface area contributed by atoms with Crippen molar-refractivity contribution in [3.8, 4) is 0 Å². The van der Waals surface area contributed by atoms with Gasteiger partial charge < -0.3 is 4.43 Å². The molecule has 0 saturated carbocycles. The average molecular weight is 181 g/mol. The lowest BCUT2D eigenvalue weighted by atomic mass is 10.5. The van der Waals surface area contributed by atoms with Crippen LogP contribution >= 0.6 is 11.6 Å². The molecule has 0 aliphatic rings. The van der Waals surface area contributed by atoms with Crippen LogP contribution in [0.1, 0.15) is 27.7 Å². The van der Waals surface area contributed by atoms with Gasteiger partial charge in [0.15, 0.2) is 9.04 Å². The first-order valence-electron chi connectivity index (χ1n) is 3.77. The second kappa shape index (κ2) is 5.16. The highest BCUT2D eigenvalue weighted by atomic mass is 35.5. The molecule has 0 aliphatic carbocycles. The van der Waals surface area contributed by atoms with E-state index in [4.69, 9.17) is 16.0 Å². The molecule has 1 nitrogen and oxygen atoms in total. The van der Waals surface area contributed by atoms with Crippen LogP contribution in [0, 0.1) is 0 Å². The summed E-state index contributed by atoms with van der Waals surface area (Å²) in [4.78, 5) is 0. The van der Waals surface area contributed by atoms with Gasteiger partial charge >= 0.3 is 0 Å². The van der Waals surface area contributed by atoms with Gasteiger partial charge in [0.05, 0.1) is 0 Å². The van der Waals surface area contributed by atoms with E-state index in [-0.39, 0.29) is 0 Å². The molecule has 0 radical (unpaired) electrons. The normalized spacial score (nSPS) is 12.0. The zero-order chi connectivity index (χ0) is 8.15. The van der Waals surface area contributed by atoms with Gasteiger partial charge in [0.25, 0.3) is 0 Å². The van der Waals surface area contributed by atoms with Gasteiger partial charge in [0, 0.05) is 0 Å². The van der Waals surface area contributed by atoms with Crippen molar-refractivity contribution in [1.82, 2.24) is 0 Å². The Bertz CT molecular complexity index is 77.7.